The van der Waals surface area contributed by atoms with Crippen LogP contribution in [0.25, 0.3) is 0 Å². The van der Waals surface area contributed by atoms with Gasteiger partial charge in [-0.05, 0) is 44.1 Å². The standard InChI is InChI=1S/C9H24OS/c1-9(10-2)7-8-11(3,4,5)6/h9,11H,7-8H2,1-6H3. The van der Waals surface area contributed by atoms with Gasteiger partial charge >= 0.3 is 0 Å². The topological polar surface area (TPSA) is 9.23 Å². The van der Waals surface area contributed by atoms with Crippen LogP contribution in [0.1, 0.15) is 13.3 Å². The van der Waals surface area contributed by atoms with E-state index in [4.69, 9.17) is 4.74 Å². The van der Waals surface area contributed by atoms with E-state index in [9.17, 15) is 0 Å². The summed E-state index contributed by atoms with van der Waals surface area (Å²) < 4.78 is 5.21. The van der Waals surface area contributed by atoms with Gasteiger partial charge in [-0.25, -0.2) is 0 Å². The number of hydrogen-bond donors (Lipinski definition) is 1. The van der Waals surface area contributed by atoms with E-state index < -0.39 is 9.16 Å². The normalized spacial score (nSPS) is 18.9. The lowest BCUT2D eigenvalue weighted by Crippen LogP contribution is -2.19. The fourth-order valence-corrected chi connectivity index (χ4v) is 2.21. The molecule has 1 unspecified atom stereocenters. The third-order valence-corrected chi connectivity index (χ3v) is 3.88. The third-order valence-electron chi connectivity index (χ3n) is 1.83. The summed E-state index contributed by atoms with van der Waals surface area (Å²) in [6, 6.07) is 0. The quantitative estimate of drug-likeness (QED) is 0.651. The van der Waals surface area contributed by atoms with Crippen molar-refractivity contribution in [2.24, 2.45) is 0 Å². The van der Waals surface area contributed by atoms with Crippen molar-refractivity contribution in [2.75, 3.05) is 37.9 Å². The zero-order valence-electron chi connectivity index (χ0n) is 8.85. The third kappa shape index (κ3) is 8.21. The van der Waals surface area contributed by atoms with Crippen LogP contribution in [-0.2, 0) is 4.74 Å². The molecule has 0 aliphatic carbocycles. The molecular formula is C9H24OS. The van der Waals surface area contributed by atoms with Crippen molar-refractivity contribution in [1.82, 2.24) is 0 Å². The first kappa shape index (κ1) is 11.3. The van der Waals surface area contributed by atoms with E-state index in [-0.39, 0.29) is 0 Å². The van der Waals surface area contributed by atoms with E-state index in [2.05, 4.69) is 31.9 Å². The second-order valence-corrected chi connectivity index (χ2v) is 13.9. The van der Waals surface area contributed by atoms with Crippen molar-refractivity contribution in [3.63, 3.8) is 0 Å². The van der Waals surface area contributed by atoms with Crippen LogP contribution in [0.3, 0.4) is 0 Å². The van der Waals surface area contributed by atoms with E-state index in [1.54, 1.807) is 7.11 Å². The molecule has 0 aliphatic heterocycles. The summed E-state index contributed by atoms with van der Waals surface area (Å²) in [7, 11) is 0.519. The Morgan fingerprint density at radius 2 is 1.64 bits per heavy atom. The fourth-order valence-electron chi connectivity index (χ4n) is 0.816. The van der Waals surface area contributed by atoms with E-state index in [0.717, 1.165) is 0 Å². The van der Waals surface area contributed by atoms with Gasteiger partial charge in [0.15, 0.2) is 0 Å². The second kappa shape index (κ2) is 3.36. The summed E-state index contributed by atoms with van der Waals surface area (Å²) in [6.45, 7) is 2.14. The Hall–Kier alpha value is 0.310. The van der Waals surface area contributed by atoms with Crippen LogP contribution in [0, 0.1) is 0 Å². The first-order chi connectivity index (χ1) is 4.71. The molecule has 0 heterocycles. The lowest BCUT2D eigenvalue weighted by molar-refractivity contribution is 0.116. The highest BCUT2D eigenvalue weighted by molar-refractivity contribution is 8.47. The zero-order chi connectivity index (χ0) is 9.15. The van der Waals surface area contributed by atoms with Crippen LogP contribution in [0.15, 0.2) is 0 Å². The minimum atomic E-state index is -1.27. The molecule has 72 valence electrons. The molecule has 0 aromatic carbocycles. The SMILES string of the molecule is COC(C)CC[SH](C)(C)(C)C. The molecule has 0 amide bonds. The van der Waals surface area contributed by atoms with Crippen molar-refractivity contribution >= 4 is 9.16 Å². The van der Waals surface area contributed by atoms with Crippen LogP contribution in [0.5, 0.6) is 0 Å². The fraction of sp³-hybridized carbons (Fsp3) is 1.00. The molecule has 1 nitrogen and oxygen atoms in total. The van der Waals surface area contributed by atoms with Crippen molar-refractivity contribution < 1.29 is 4.74 Å². The van der Waals surface area contributed by atoms with Crippen molar-refractivity contribution in [1.29, 1.82) is 0 Å². The maximum atomic E-state index is 5.21. The van der Waals surface area contributed by atoms with E-state index in [1.807, 2.05) is 0 Å². The van der Waals surface area contributed by atoms with Crippen LogP contribution < -0.4 is 0 Å². The molecule has 0 fully saturated rings. The molecule has 0 saturated heterocycles. The van der Waals surface area contributed by atoms with Gasteiger partial charge in [-0.2, -0.15) is 0 Å². The lowest BCUT2D eigenvalue weighted by Gasteiger charge is -2.47. The van der Waals surface area contributed by atoms with Crippen LogP contribution in [0.4, 0.5) is 0 Å². The summed E-state index contributed by atoms with van der Waals surface area (Å²) in [5.41, 5.74) is 0. The summed E-state index contributed by atoms with van der Waals surface area (Å²) in [4.78, 5) is 0. The Morgan fingerprint density at radius 1 is 1.18 bits per heavy atom. The Labute approximate surface area is 71.8 Å². The average Bonchev–Trinajstić information content (AvgIpc) is 1.80. The lowest BCUT2D eigenvalue weighted by atomic mass is 10.3. The monoisotopic (exact) mass is 180 g/mol. The van der Waals surface area contributed by atoms with Crippen LogP contribution in [0.2, 0.25) is 0 Å². The molecule has 0 spiro atoms. The molecule has 0 aromatic heterocycles. The molecule has 0 aromatic rings. The zero-order valence-corrected chi connectivity index (χ0v) is 9.74. The minimum absolute atomic E-state index is 0.427. The van der Waals surface area contributed by atoms with Gasteiger partial charge in [-0.15, -0.1) is 0 Å². The Balaban J connectivity index is 3.71. The highest BCUT2D eigenvalue weighted by Crippen LogP contribution is 2.55. The first-order valence-electron chi connectivity index (χ1n) is 4.23. The number of thiol groups is 1. The number of hydrogen-bond acceptors (Lipinski definition) is 1. The van der Waals surface area contributed by atoms with Gasteiger partial charge in [0.05, 0.1) is 6.10 Å². The average molecular weight is 180 g/mol. The molecular weight excluding hydrogens is 156 g/mol. The maximum Gasteiger partial charge on any atom is 0.0550 e. The molecule has 0 radical (unpaired) electrons. The summed E-state index contributed by atoms with van der Waals surface area (Å²) in [5, 5.41) is 0. The van der Waals surface area contributed by atoms with Crippen molar-refractivity contribution in [2.45, 2.75) is 19.4 Å². The summed E-state index contributed by atoms with van der Waals surface area (Å²) >= 11 is 0. The van der Waals surface area contributed by atoms with Crippen molar-refractivity contribution in [3.05, 3.63) is 0 Å². The Bertz CT molecular complexity index is 114. The molecule has 2 heteroatoms. The molecule has 0 rings (SSSR count). The molecule has 0 N–H and O–H groups in total. The smallest absolute Gasteiger partial charge is 0.0550 e. The Kier molecular flexibility index (Phi) is 3.45. The van der Waals surface area contributed by atoms with Gasteiger partial charge in [-0.1, -0.05) is 0 Å². The van der Waals surface area contributed by atoms with Gasteiger partial charge in [-0.3, -0.25) is 9.16 Å². The van der Waals surface area contributed by atoms with E-state index in [0.29, 0.717) is 6.10 Å². The van der Waals surface area contributed by atoms with Crippen LogP contribution in [-0.4, -0.2) is 44.0 Å². The highest BCUT2D eigenvalue weighted by atomic mass is 32.3. The van der Waals surface area contributed by atoms with Gasteiger partial charge in [0, 0.05) is 7.11 Å². The minimum Gasteiger partial charge on any atom is -0.382 e. The molecule has 0 saturated carbocycles. The van der Waals surface area contributed by atoms with Gasteiger partial charge in [0.25, 0.3) is 0 Å². The predicted octanol–water partition coefficient (Wildman–Crippen LogP) is 2.00. The molecule has 11 heavy (non-hydrogen) atoms. The van der Waals surface area contributed by atoms with E-state index in [1.165, 1.54) is 12.2 Å². The van der Waals surface area contributed by atoms with Gasteiger partial charge in [0.2, 0.25) is 0 Å². The number of rotatable bonds is 4. The van der Waals surface area contributed by atoms with Crippen LogP contribution >= 0.6 is 9.16 Å². The molecule has 0 bridgehead atoms. The second-order valence-electron chi connectivity index (χ2n) is 5.51. The van der Waals surface area contributed by atoms with Gasteiger partial charge < -0.3 is 4.74 Å². The highest BCUT2D eigenvalue weighted by Gasteiger charge is 2.18. The molecule has 1 atom stereocenters. The number of ether oxygens (including phenoxy) is 1. The van der Waals surface area contributed by atoms with E-state index >= 15 is 0 Å². The predicted molar refractivity (Wildman–Crippen MR) is 58.6 cm³/mol. The van der Waals surface area contributed by atoms with Crippen molar-refractivity contribution in [3.8, 4) is 0 Å². The largest absolute Gasteiger partial charge is 0.382 e. The number of methoxy groups -OCH3 is 1. The molecule has 0 aliphatic rings. The first-order valence-corrected chi connectivity index (χ1v) is 8.44. The summed E-state index contributed by atoms with van der Waals surface area (Å²) in [6.07, 6.45) is 11.3. The Morgan fingerprint density at radius 3 is 1.91 bits per heavy atom. The van der Waals surface area contributed by atoms with Gasteiger partial charge in [0.1, 0.15) is 0 Å². The maximum absolute atomic E-state index is 5.21. The summed E-state index contributed by atoms with van der Waals surface area (Å²) in [5.74, 6) is 1.33.